The van der Waals surface area contributed by atoms with E-state index in [4.69, 9.17) is 0 Å². The molecule has 4 rings (SSSR count). The quantitative estimate of drug-likeness (QED) is 0.763. The number of likely N-dealkylation sites (tertiary alicyclic amines) is 1. The first kappa shape index (κ1) is 17.5. The number of fused-ring (bicyclic) bond motifs is 1. The molecule has 27 heavy (non-hydrogen) atoms. The zero-order valence-electron chi connectivity index (χ0n) is 15.9. The number of carbonyl (C=O) groups is 1. The fourth-order valence-corrected chi connectivity index (χ4v) is 4.01. The second-order valence-corrected chi connectivity index (χ2v) is 7.21. The van der Waals surface area contributed by atoms with Crippen molar-refractivity contribution in [3.05, 3.63) is 45.8 Å². The Morgan fingerprint density at radius 3 is 2.96 bits per heavy atom. The van der Waals surface area contributed by atoms with E-state index in [-0.39, 0.29) is 17.5 Å². The van der Waals surface area contributed by atoms with Gasteiger partial charge in [0.25, 0.3) is 5.91 Å². The summed E-state index contributed by atoms with van der Waals surface area (Å²) < 4.78 is 3.41. The second-order valence-electron chi connectivity index (χ2n) is 7.21. The third-order valence-corrected chi connectivity index (χ3v) is 5.39. The van der Waals surface area contributed by atoms with Gasteiger partial charge < -0.3 is 4.90 Å². The molecule has 0 saturated carbocycles. The molecular weight excluding hydrogens is 344 g/mol. The molecular formula is C19H24N6O2. The van der Waals surface area contributed by atoms with Gasteiger partial charge in [-0.3, -0.25) is 14.0 Å². The van der Waals surface area contributed by atoms with E-state index in [0.29, 0.717) is 25.3 Å². The van der Waals surface area contributed by atoms with E-state index < -0.39 is 0 Å². The van der Waals surface area contributed by atoms with Crippen LogP contribution in [-0.4, -0.2) is 48.4 Å². The molecule has 2 aromatic heterocycles. The predicted octanol–water partition coefficient (Wildman–Crippen LogP) is 1.81. The number of nitrogens with zero attached hydrogens (tertiary/aromatic N) is 5. The summed E-state index contributed by atoms with van der Waals surface area (Å²) in [5.74, 6) is 0.733. The minimum Gasteiger partial charge on any atom is -0.337 e. The number of H-pyrrole nitrogens is 1. The lowest BCUT2D eigenvalue weighted by molar-refractivity contribution is 0.0698. The van der Waals surface area contributed by atoms with E-state index in [1.165, 1.54) is 0 Å². The van der Waals surface area contributed by atoms with Crippen molar-refractivity contribution in [1.82, 2.24) is 29.4 Å². The molecule has 1 aliphatic rings. The number of aryl methyl sites for hydroxylation is 2. The highest BCUT2D eigenvalue weighted by atomic mass is 16.2. The summed E-state index contributed by atoms with van der Waals surface area (Å²) in [6.07, 6.45) is 1.79. The number of hydrogen-bond donors (Lipinski definition) is 1. The lowest BCUT2D eigenvalue weighted by Crippen LogP contribution is -2.40. The van der Waals surface area contributed by atoms with Gasteiger partial charge in [-0.2, -0.15) is 10.2 Å². The van der Waals surface area contributed by atoms with Crippen molar-refractivity contribution in [1.29, 1.82) is 0 Å². The van der Waals surface area contributed by atoms with E-state index in [1.54, 1.807) is 9.25 Å². The molecule has 1 fully saturated rings. The van der Waals surface area contributed by atoms with Crippen LogP contribution in [0.25, 0.3) is 10.9 Å². The van der Waals surface area contributed by atoms with Gasteiger partial charge in [0.2, 0.25) is 0 Å². The van der Waals surface area contributed by atoms with Crippen LogP contribution in [-0.2, 0) is 13.6 Å². The molecule has 1 atom stereocenters. The maximum atomic E-state index is 13.2. The first-order chi connectivity index (χ1) is 13.0. The Kier molecular flexibility index (Phi) is 4.33. The Balaban J connectivity index is 1.65. The molecule has 1 amide bonds. The summed E-state index contributed by atoms with van der Waals surface area (Å²) in [4.78, 5) is 27.0. The van der Waals surface area contributed by atoms with Crippen molar-refractivity contribution in [3.63, 3.8) is 0 Å². The number of rotatable bonds is 3. The SMILES string of the molecule is CCn1c([C@H]2CCCN(C(=O)c3nn(C)c4ccc(C)cc34)C2)n[nH]c1=O. The van der Waals surface area contributed by atoms with E-state index in [2.05, 4.69) is 15.3 Å². The van der Waals surface area contributed by atoms with Crippen LogP contribution in [0, 0.1) is 6.92 Å². The normalized spacial score (nSPS) is 17.6. The lowest BCUT2D eigenvalue weighted by atomic mass is 9.96. The molecule has 1 N–H and O–H groups in total. The highest BCUT2D eigenvalue weighted by molar-refractivity contribution is 6.05. The van der Waals surface area contributed by atoms with E-state index in [1.807, 2.05) is 44.0 Å². The Hall–Kier alpha value is -2.90. The van der Waals surface area contributed by atoms with Crippen molar-refractivity contribution in [3.8, 4) is 0 Å². The number of nitrogens with one attached hydrogen (secondary N) is 1. The Bertz CT molecular complexity index is 1060. The topological polar surface area (TPSA) is 88.8 Å². The number of carbonyl (C=O) groups excluding carboxylic acids is 1. The molecule has 0 spiro atoms. The molecule has 0 radical (unpaired) electrons. The molecule has 0 bridgehead atoms. The first-order valence-corrected chi connectivity index (χ1v) is 9.37. The molecule has 1 saturated heterocycles. The maximum Gasteiger partial charge on any atom is 0.343 e. The monoisotopic (exact) mass is 368 g/mol. The number of aromatic amines is 1. The van der Waals surface area contributed by atoms with E-state index in [9.17, 15) is 9.59 Å². The fraction of sp³-hybridized carbons (Fsp3) is 0.474. The average Bonchev–Trinajstić information content (AvgIpc) is 3.20. The van der Waals surface area contributed by atoms with Gasteiger partial charge in [-0.1, -0.05) is 11.6 Å². The van der Waals surface area contributed by atoms with Crippen molar-refractivity contribution in [2.45, 2.75) is 39.2 Å². The van der Waals surface area contributed by atoms with Crippen molar-refractivity contribution in [2.24, 2.45) is 7.05 Å². The molecule has 0 aliphatic carbocycles. The number of hydrogen-bond acceptors (Lipinski definition) is 4. The average molecular weight is 368 g/mol. The van der Waals surface area contributed by atoms with Crippen LogP contribution in [0.3, 0.4) is 0 Å². The smallest absolute Gasteiger partial charge is 0.337 e. The molecule has 3 aromatic rings. The van der Waals surface area contributed by atoms with Crippen LogP contribution in [0.15, 0.2) is 23.0 Å². The molecule has 0 unspecified atom stereocenters. The summed E-state index contributed by atoms with van der Waals surface area (Å²) in [7, 11) is 1.86. The standard InChI is InChI=1S/C19H24N6O2/c1-4-25-17(20-21-19(25)27)13-6-5-9-24(11-13)18(26)16-14-10-12(2)7-8-15(14)23(3)22-16/h7-8,10,13H,4-6,9,11H2,1-3H3,(H,21,27)/t13-/m0/s1. The Labute approximate surface area is 156 Å². The van der Waals surface area contributed by atoms with Gasteiger partial charge in [0.1, 0.15) is 5.82 Å². The molecule has 142 valence electrons. The summed E-state index contributed by atoms with van der Waals surface area (Å²) >= 11 is 0. The van der Waals surface area contributed by atoms with Gasteiger partial charge in [0.05, 0.1) is 5.52 Å². The van der Waals surface area contributed by atoms with E-state index >= 15 is 0 Å². The van der Waals surface area contributed by atoms with Crippen LogP contribution in [0.5, 0.6) is 0 Å². The minimum atomic E-state index is -0.192. The van der Waals surface area contributed by atoms with Crippen LogP contribution in [0.2, 0.25) is 0 Å². The van der Waals surface area contributed by atoms with Gasteiger partial charge >= 0.3 is 5.69 Å². The first-order valence-electron chi connectivity index (χ1n) is 9.37. The van der Waals surface area contributed by atoms with Gasteiger partial charge in [0, 0.05) is 38.0 Å². The van der Waals surface area contributed by atoms with Crippen LogP contribution in [0.1, 0.15) is 47.6 Å². The lowest BCUT2D eigenvalue weighted by Gasteiger charge is -2.31. The fourth-order valence-electron chi connectivity index (χ4n) is 4.01. The largest absolute Gasteiger partial charge is 0.343 e. The zero-order valence-corrected chi connectivity index (χ0v) is 15.9. The number of piperidine rings is 1. The van der Waals surface area contributed by atoms with Crippen LogP contribution < -0.4 is 5.69 Å². The number of amides is 1. The number of benzene rings is 1. The van der Waals surface area contributed by atoms with Gasteiger partial charge in [-0.15, -0.1) is 0 Å². The van der Waals surface area contributed by atoms with Crippen molar-refractivity contribution < 1.29 is 4.79 Å². The third kappa shape index (κ3) is 2.94. The predicted molar refractivity (Wildman–Crippen MR) is 102 cm³/mol. The molecule has 1 aromatic carbocycles. The summed E-state index contributed by atoms with van der Waals surface area (Å²) in [5.41, 5.74) is 2.35. The Morgan fingerprint density at radius 1 is 1.37 bits per heavy atom. The van der Waals surface area contributed by atoms with Gasteiger partial charge in [-0.25, -0.2) is 9.89 Å². The van der Waals surface area contributed by atoms with E-state index in [0.717, 1.165) is 35.1 Å². The van der Waals surface area contributed by atoms with Crippen LogP contribution >= 0.6 is 0 Å². The van der Waals surface area contributed by atoms with Crippen LogP contribution in [0.4, 0.5) is 0 Å². The second kappa shape index (κ2) is 6.68. The zero-order chi connectivity index (χ0) is 19.1. The molecule has 1 aliphatic heterocycles. The highest BCUT2D eigenvalue weighted by Crippen LogP contribution is 2.27. The number of aromatic nitrogens is 5. The third-order valence-electron chi connectivity index (χ3n) is 5.39. The molecule has 8 heteroatoms. The van der Waals surface area contributed by atoms with Crippen molar-refractivity contribution >= 4 is 16.8 Å². The minimum absolute atomic E-state index is 0.0540. The summed E-state index contributed by atoms with van der Waals surface area (Å²) in [6, 6.07) is 6.04. The molecule has 8 nitrogen and oxygen atoms in total. The summed E-state index contributed by atoms with van der Waals surface area (Å²) in [6.45, 7) is 5.75. The summed E-state index contributed by atoms with van der Waals surface area (Å²) in [5, 5.41) is 12.1. The van der Waals surface area contributed by atoms with Crippen molar-refractivity contribution in [2.75, 3.05) is 13.1 Å². The highest BCUT2D eigenvalue weighted by Gasteiger charge is 2.30. The van der Waals surface area contributed by atoms with Gasteiger partial charge in [-0.05, 0) is 38.8 Å². The maximum absolute atomic E-state index is 13.2. The Morgan fingerprint density at radius 2 is 2.19 bits per heavy atom. The molecule has 3 heterocycles. The van der Waals surface area contributed by atoms with Gasteiger partial charge in [0.15, 0.2) is 5.69 Å².